The standard InChI is InChI=1S/C10H9BrN4/c11-7-2-1-3-8(4-7)15-9-5-13-10(12)14-6-9/h1-6,15H,(H2,12,13,14). The number of nitrogens with one attached hydrogen (secondary N) is 1. The predicted octanol–water partition coefficient (Wildman–Crippen LogP) is 2.56. The van der Waals surface area contributed by atoms with Crippen molar-refractivity contribution >= 4 is 33.3 Å². The van der Waals surface area contributed by atoms with Crippen molar-refractivity contribution in [1.29, 1.82) is 0 Å². The number of halogens is 1. The molecule has 1 aromatic carbocycles. The molecule has 0 amide bonds. The molecule has 0 saturated heterocycles. The number of nitrogens with zero attached hydrogens (tertiary/aromatic N) is 2. The van der Waals surface area contributed by atoms with Crippen LogP contribution in [0.4, 0.5) is 17.3 Å². The molecule has 4 nitrogen and oxygen atoms in total. The maximum absolute atomic E-state index is 5.39. The zero-order valence-electron chi connectivity index (χ0n) is 7.81. The number of nitrogens with two attached hydrogens (primary N) is 1. The summed E-state index contributed by atoms with van der Waals surface area (Å²) in [5, 5.41) is 3.16. The van der Waals surface area contributed by atoms with Crippen LogP contribution in [-0.4, -0.2) is 9.97 Å². The van der Waals surface area contributed by atoms with Crippen molar-refractivity contribution in [2.75, 3.05) is 11.1 Å². The lowest BCUT2D eigenvalue weighted by atomic mass is 10.3. The van der Waals surface area contributed by atoms with Gasteiger partial charge in [-0.1, -0.05) is 22.0 Å². The summed E-state index contributed by atoms with van der Waals surface area (Å²) in [5.41, 5.74) is 7.16. The normalized spacial score (nSPS) is 9.93. The van der Waals surface area contributed by atoms with E-state index in [1.165, 1.54) is 0 Å². The summed E-state index contributed by atoms with van der Waals surface area (Å²) in [6.45, 7) is 0. The van der Waals surface area contributed by atoms with Gasteiger partial charge in [0.05, 0.1) is 18.1 Å². The van der Waals surface area contributed by atoms with Crippen LogP contribution in [0.3, 0.4) is 0 Å². The van der Waals surface area contributed by atoms with E-state index >= 15 is 0 Å². The van der Waals surface area contributed by atoms with E-state index in [4.69, 9.17) is 5.73 Å². The summed E-state index contributed by atoms with van der Waals surface area (Å²) in [7, 11) is 0. The molecule has 2 rings (SSSR count). The highest BCUT2D eigenvalue weighted by Gasteiger charge is 1.96. The molecule has 0 spiro atoms. The minimum atomic E-state index is 0.273. The molecule has 0 fully saturated rings. The van der Waals surface area contributed by atoms with E-state index < -0.39 is 0 Å². The van der Waals surface area contributed by atoms with Crippen molar-refractivity contribution in [2.24, 2.45) is 0 Å². The average Bonchev–Trinajstić information content (AvgIpc) is 2.22. The highest BCUT2D eigenvalue weighted by Crippen LogP contribution is 2.19. The van der Waals surface area contributed by atoms with Crippen LogP contribution < -0.4 is 11.1 Å². The largest absolute Gasteiger partial charge is 0.368 e. The summed E-state index contributed by atoms with van der Waals surface area (Å²) in [6.07, 6.45) is 3.28. The van der Waals surface area contributed by atoms with Gasteiger partial charge in [0.15, 0.2) is 0 Å². The van der Waals surface area contributed by atoms with Crippen LogP contribution in [0.25, 0.3) is 0 Å². The van der Waals surface area contributed by atoms with E-state index in [1.807, 2.05) is 24.3 Å². The molecule has 0 bridgehead atoms. The Morgan fingerprint density at radius 2 is 1.87 bits per heavy atom. The smallest absolute Gasteiger partial charge is 0.220 e. The number of rotatable bonds is 2. The fraction of sp³-hybridized carbons (Fsp3) is 0. The summed E-state index contributed by atoms with van der Waals surface area (Å²) in [5.74, 6) is 0.273. The summed E-state index contributed by atoms with van der Waals surface area (Å²) in [4.78, 5) is 7.78. The number of hydrogen-bond acceptors (Lipinski definition) is 4. The Labute approximate surface area is 95.7 Å². The van der Waals surface area contributed by atoms with E-state index in [2.05, 4.69) is 31.2 Å². The van der Waals surface area contributed by atoms with E-state index in [0.717, 1.165) is 15.8 Å². The maximum Gasteiger partial charge on any atom is 0.220 e. The molecule has 0 saturated carbocycles. The molecule has 0 atom stereocenters. The van der Waals surface area contributed by atoms with Crippen molar-refractivity contribution in [3.8, 4) is 0 Å². The van der Waals surface area contributed by atoms with Crippen LogP contribution >= 0.6 is 15.9 Å². The van der Waals surface area contributed by atoms with Gasteiger partial charge in [0.2, 0.25) is 5.95 Å². The van der Waals surface area contributed by atoms with Gasteiger partial charge in [-0.3, -0.25) is 0 Å². The second-order valence-electron chi connectivity index (χ2n) is 2.97. The van der Waals surface area contributed by atoms with Crippen LogP contribution in [0.5, 0.6) is 0 Å². The highest BCUT2D eigenvalue weighted by atomic mass is 79.9. The molecule has 3 N–H and O–H groups in total. The van der Waals surface area contributed by atoms with Crippen molar-refractivity contribution in [2.45, 2.75) is 0 Å². The average molecular weight is 265 g/mol. The van der Waals surface area contributed by atoms with Gasteiger partial charge in [-0.05, 0) is 18.2 Å². The zero-order valence-corrected chi connectivity index (χ0v) is 9.40. The fourth-order valence-corrected chi connectivity index (χ4v) is 1.53. The molecule has 0 aliphatic rings. The molecule has 0 unspecified atom stereocenters. The highest BCUT2D eigenvalue weighted by molar-refractivity contribution is 9.10. The quantitative estimate of drug-likeness (QED) is 0.875. The molecular formula is C10H9BrN4. The molecule has 1 aromatic heterocycles. The Hall–Kier alpha value is -1.62. The monoisotopic (exact) mass is 264 g/mol. The summed E-state index contributed by atoms with van der Waals surface area (Å²) >= 11 is 3.40. The Bertz CT molecular complexity index is 455. The first kappa shape index (κ1) is 9.92. The predicted molar refractivity (Wildman–Crippen MR) is 63.9 cm³/mol. The SMILES string of the molecule is Nc1ncc(Nc2cccc(Br)c2)cn1. The van der Waals surface area contributed by atoms with Crippen LogP contribution in [0.1, 0.15) is 0 Å². The third-order valence-electron chi connectivity index (χ3n) is 1.79. The first-order valence-electron chi connectivity index (χ1n) is 4.34. The lowest BCUT2D eigenvalue weighted by Crippen LogP contribution is -1.96. The van der Waals surface area contributed by atoms with Gasteiger partial charge in [-0.15, -0.1) is 0 Å². The van der Waals surface area contributed by atoms with Gasteiger partial charge in [0.25, 0.3) is 0 Å². The Balaban J connectivity index is 2.18. The van der Waals surface area contributed by atoms with Gasteiger partial charge >= 0.3 is 0 Å². The molecule has 15 heavy (non-hydrogen) atoms. The van der Waals surface area contributed by atoms with Gasteiger partial charge in [0.1, 0.15) is 0 Å². The first-order chi connectivity index (χ1) is 7.24. The molecule has 0 aliphatic heterocycles. The van der Waals surface area contributed by atoms with Crippen LogP contribution in [0, 0.1) is 0 Å². The van der Waals surface area contributed by atoms with Gasteiger partial charge in [0, 0.05) is 10.2 Å². The lowest BCUT2D eigenvalue weighted by Gasteiger charge is -2.05. The zero-order chi connectivity index (χ0) is 10.7. The summed E-state index contributed by atoms with van der Waals surface area (Å²) in [6, 6.07) is 7.84. The van der Waals surface area contributed by atoms with Crippen molar-refractivity contribution in [1.82, 2.24) is 9.97 Å². The number of aromatic nitrogens is 2. The topological polar surface area (TPSA) is 63.8 Å². The number of benzene rings is 1. The van der Waals surface area contributed by atoms with E-state index in [9.17, 15) is 0 Å². The number of anilines is 3. The molecular weight excluding hydrogens is 256 g/mol. The minimum absolute atomic E-state index is 0.273. The Kier molecular flexibility index (Phi) is 2.82. The maximum atomic E-state index is 5.39. The summed E-state index contributed by atoms with van der Waals surface area (Å²) < 4.78 is 1.02. The van der Waals surface area contributed by atoms with E-state index in [0.29, 0.717) is 0 Å². The third kappa shape index (κ3) is 2.66. The second kappa shape index (κ2) is 4.27. The Morgan fingerprint density at radius 3 is 2.53 bits per heavy atom. The van der Waals surface area contributed by atoms with Crippen molar-refractivity contribution in [3.63, 3.8) is 0 Å². The lowest BCUT2D eigenvalue weighted by molar-refractivity contribution is 1.18. The first-order valence-corrected chi connectivity index (χ1v) is 5.13. The van der Waals surface area contributed by atoms with E-state index in [-0.39, 0.29) is 5.95 Å². The fourth-order valence-electron chi connectivity index (χ4n) is 1.14. The van der Waals surface area contributed by atoms with Crippen molar-refractivity contribution in [3.05, 3.63) is 41.1 Å². The Morgan fingerprint density at radius 1 is 1.13 bits per heavy atom. The molecule has 1 heterocycles. The van der Waals surface area contributed by atoms with Gasteiger partial charge in [-0.2, -0.15) is 0 Å². The molecule has 5 heteroatoms. The number of nitrogen functional groups attached to an aromatic ring is 1. The van der Waals surface area contributed by atoms with Crippen LogP contribution in [0.2, 0.25) is 0 Å². The second-order valence-corrected chi connectivity index (χ2v) is 3.88. The van der Waals surface area contributed by atoms with Gasteiger partial charge in [-0.25, -0.2) is 9.97 Å². The van der Waals surface area contributed by atoms with E-state index in [1.54, 1.807) is 12.4 Å². The van der Waals surface area contributed by atoms with Crippen LogP contribution in [0.15, 0.2) is 41.1 Å². The third-order valence-corrected chi connectivity index (χ3v) is 2.28. The number of hydrogen-bond donors (Lipinski definition) is 2. The molecule has 0 radical (unpaired) electrons. The molecule has 2 aromatic rings. The minimum Gasteiger partial charge on any atom is -0.368 e. The molecule has 0 aliphatic carbocycles. The van der Waals surface area contributed by atoms with Gasteiger partial charge < -0.3 is 11.1 Å². The van der Waals surface area contributed by atoms with Crippen LogP contribution in [-0.2, 0) is 0 Å². The van der Waals surface area contributed by atoms with Crippen molar-refractivity contribution < 1.29 is 0 Å². The molecule has 76 valence electrons.